The summed E-state index contributed by atoms with van der Waals surface area (Å²) < 4.78 is 6.66. The standard InChI is InChI=1S/C14H16ClN3O2/c1-9-12(13(15)17(2)16-9)11-4-3-6-18(11)14(19)10-5-7-20-8-10/h5,7-8,11H,3-4,6H2,1-2H3/t11-/m1/s1. The number of hydrogen-bond donors (Lipinski definition) is 0. The van der Waals surface area contributed by atoms with E-state index in [9.17, 15) is 4.79 Å². The largest absolute Gasteiger partial charge is 0.472 e. The Morgan fingerprint density at radius 2 is 2.35 bits per heavy atom. The van der Waals surface area contributed by atoms with E-state index in [2.05, 4.69) is 5.10 Å². The Morgan fingerprint density at radius 1 is 1.55 bits per heavy atom. The summed E-state index contributed by atoms with van der Waals surface area (Å²) in [5.41, 5.74) is 2.42. The predicted octanol–water partition coefficient (Wildman–Crippen LogP) is 2.95. The number of aromatic nitrogens is 2. The van der Waals surface area contributed by atoms with Gasteiger partial charge in [-0.1, -0.05) is 11.6 Å². The smallest absolute Gasteiger partial charge is 0.257 e. The number of nitrogens with zero attached hydrogens (tertiary/aromatic N) is 3. The molecule has 5 nitrogen and oxygen atoms in total. The van der Waals surface area contributed by atoms with Crippen LogP contribution in [0.1, 0.15) is 40.5 Å². The molecule has 0 aromatic carbocycles. The quantitative estimate of drug-likeness (QED) is 0.855. The molecular formula is C14H16ClN3O2. The number of likely N-dealkylation sites (tertiary alicyclic amines) is 1. The van der Waals surface area contributed by atoms with Crippen LogP contribution in [0.4, 0.5) is 0 Å². The predicted molar refractivity (Wildman–Crippen MR) is 74.7 cm³/mol. The summed E-state index contributed by atoms with van der Waals surface area (Å²) in [4.78, 5) is 14.4. The van der Waals surface area contributed by atoms with Crippen LogP contribution in [0, 0.1) is 6.92 Å². The summed E-state index contributed by atoms with van der Waals surface area (Å²) >= 11 is 6.33. The Balaban J connectivity index is 1.95. The molecule has 0 unspecified atom stereocenters. The first-order valence-corrected chi connectivity index (χ1v) is 6.99. The average molecular weight is 294 g/mol. The molecule has 0 bridgehead atoms. The van der Waals surface area contributed by atoms with Crippen LogP contribution in [0.3, 0.4) is 0 Å². The Morgan fingerprint density at radius 3 is 2.95 bits per heavy atom. The summed E-state index contributed by atoms with van der Waals surface area (Å²) in [6.07, 6.45) is 4.88. The number of carbonyl (C=O) groups excluding carboxylic acids is 1. The van der Waals surface area contributed by atoms with Gasteiger partial charge >= 0.3 is 0 Å². The highest BCUT2D eigenvalue weighted by atomic mass is 35.5. The molecule has 0 spiro atoms. The molecule has 106 valence electrons. The molecule has 6 heteroatoms. The first-order chi connectivity index (χ1) is 9.59. The van der Waals surface area contributed by atoms with Crippen molar-refractivity contribution in [2.45, 2.75) is 25.8 Å². The van der Waals surface area contributed by atoms with Gasteiger partial charge < -0.3 is 9.32 Å². The highest BCUT2D eigenvalue weighted by molar-refractivity contribution is 6.30. The van der Waals surface area contributed by atoms with Crippen LogP contribution >= 0.6 is 11.6 Å². The fraction of sp³-hybridized carbons (Fsp3) is 0.429. The molecule has 1 atom stereocenters. The molecule has 1 amide bonds. The highest BCUT2D eigenvalue weighted by Gasteiger charge is 2.34. The molecule has 2 aromatic heterocycles. The van der Waals surface area contributed by atoms with Crippen molar-refractivity contribution in [1.29, 1.82) is 0 Å². The van der Waals surface area contributed by atoms with Crippen molar-refractivity contribution < 1.29 is 9.21 Å². The molecule has 1 aliphatic rings. The van der Waals surface area contributed by atoms with Crippen molar-refractivity contribution in [3.05, 3.63) is 40.6 Å². The van der Waals surface area contributed by atoms with Gasteiger partial charge in [0, 0.05) is 19.2 Å². The summed E-state index contributed by atoms with van der Waals surface area (Å²) in [6, 6.07) is 1.69. The third kappa shape index (κ3) is 2.02. The van der Waals surface area contributed by atoms with E-state index >= 15 is 0 Å². The maximum Gasteiger partial charge on any atom is 0.257 e. The number of rotatable bonds is 2. The normalized spacial score (nSPS) is 18.8. The van der Waals surface area contributed by atoms with Gasteiger partial charge in [-0.25, -0.2) is 0 Å². The first kappa shape index (κ1) is 13.2. The average Bonchev–Trinajstić information content (AvgIpc) is 3.12. The minimum atomic E-state index is -0.0134. The van der Waals surface area contributed by atoms with Gasteiger partial charge in [-0.15, -0.1) is 0 Å². The van der Waals surface area contributed by atoms with E-state index in [1.165, 1.54) is 12.5 Å². The number of halogens is 1. The van der Waals surface area contributed by atoms with Gasteiger partial charge in [-0.2, -0.15) is 5.10 Å². The second kappa shape index (κ2) is 4.98. The summed E-state index contributed by atoms with van der Waals surface area (Å²) in [5, 5.41) is 4.95. The van der Waals surface area contributed by atoms with E-state index < -0.39 is 0 Å². The van der Waals surface area contributed by atoms with Crippen LogP contribution in [0.15, 0.2) is 23.0 Å². The van der Waals surface area contributed by atoms with E-state index in [0.29, 0.717) is 10.7 Å². The van der Waals surface area contributed by atoms with Gasteiger partial charge in [0.25, 0.3) is 5.91 Å². The van der Waals surface area contributed by atoms with Crippen molar-refractivity contribution in [2.24, 2.45) is 7.05 Å². The van der Waals surface area contributed by atoms with E-state index in [-0.39, 0.29) is 11.9 Å². The van der Waals surface area contributed by atoms with Gasteiger partial charge in [0.15, 0.2) is 0 Å². The van der Waals surface area contributed by atoms with E-state index in [0.717, 1.165) is 30.6 Å². The van der Waals surface area contributed by atoms with Gasteiger partial charge in [0.05, 0.1) is 23.6 Å². The lowest BCUT2D eigenvalue weighted by atomic mass is 10.1. The third-order valence-corrected chi connectivity index (χ3v) is 4.26. The van der Waals surface area contributed by atoms with Crippen molar-refractivity contribution >= 4 is 17.5 Å². The van der Waals surface area contributed by atoms with Crippen LogP contribution in [-0.4, -0.2) is 27.1 Å². The second-order valence-electron chi connectivity index (χ2n) is 5.08. The topological polar surface area (TPSA) is 51.3 Å². The molecule has 0 radical (unpaired) electrons. The molecular weight excluding hydrogens is 278 g/mol. The summed E-state index contributed by atoms with van der Waals surface area (Å²) in [5.74, 6) is -0.0134. The number of hydrogen-bond acceptors (Lipinski definition) is 3. The van der Waals surface area contributed by atoms with Crippen LogP contribution in [0.5, 0.6) is 0 Å². The van der Waals surface area contributed by atoms with Crippen molar-refractivity contribution in [3.8, 4) is 0 Å². The van der Waals surface area contributed by atoms with Gasteiger partial charge in [-0.05, 0) is 25.8 Å². The number of amides is 1. The maximum atomic E-state index is 12.5. The van der Waals surface area contributed by atoms with Gasteiger partial charge in [0.2, 0.25) is 0 Å². The Labute approximate surface area is 122 Å². The lowest BCUT2D eigenvalue weighted by Gasteiger charge is -2.24. The number of carbonyl (C=O) groups is 1. The fourth-order valence-corrected chi connectivity index (χ4v) is 3.19. The Hall–Kier alpha value is -1.75. The van der Waals surface area contributed by atoms with E-state index in [4.69, 9.17) is 16.0 Å². The zero-order valence-corrected chi connectivity index (χ0v) is 12.2. The zero-order chi connectivity index (χ0) is 14.3. The van der Waals surface area contributed by atoms with Crippen LogP contribution in [0.25, 0.3) is 0 Å². The maximum absolute atomic E-state index is 12.5. The molecule has 1 aliphatic heterocycles. The van der Waals surface area contributed by atoms with Crippen molar-refractivity contribution in [1.82, 2.24) is 14.7 Å². The fourth-order valence-electron chi connectivity index (χ4n) is 2.89. The lowest BCUT2D eigenvalue weighted by Crippen LogP contribution is -2.30. The minimum Gasteiger partial charge on any atom is -0.472 e. The second-order valence-corrected chi connectivity index (χ2v) is 5.44. The molecule has 1 fully saturated rings. The minimum absolute atomic E-state index is 0.00130. The Kier molecular flexibility index (Phi) is 3.30. The van der Waals surface area contributed by atoms with E-state index in [1.807, 2.05) is 18.9 Å². The van der Waals surface area contributed by atoms with Crippen molar-refractivity contribution in [2.75, 3.05) is 6.54 Å². The zero-order valence-electron chi connectivity index (χ0n) is 11.5. The molecule has 0 saturated carbocycles. The third-order valence-electron chi connectivity index (χ3n) is 3.81. The van der Waals surface area contributed by atoms with Crippen LogP contribution in [0.2, 0.25) is 5.15 Å². The monoisotopic (exact) mass is 293 g/mol. The molecule has 20 heavy (non-hydrogen) atoms. The SMILES string of the molecule is Cc1nn(C)c(Cl)c1[C@H]1CCCN1C(=O)c1ccoc1. The van der Waals surface area contributed by atoms with Crippen LogP contribution < -0.4 is 0 Å². The molecule has 2 aromatic rings. The molecule has 3 heterocycles. The van der Waals surface area contributed by atoms with E-state index in [1.54, 1.807) is 10.7 Å². The molecule has 0 N–H and O–H groups in total. The van der Waals surface area contributed by atoms with Gasteiger partial charge in [-0.3, -0.25) is 9.48 Å². The molecule has 0 aliphatic carbocycles. The first-order valence-electron chi connectivity index (χ1n) is 6.61. The molecule has 3 rings (SSSR count). The highest BCUT2D eigenvalue weighted by Crippen LogP contribution is 2.38. The van der Waals surface area contributed by atoms with Gasteiger partial charge in [0.1, 0.15) is 11.4 Å². The molecule has 1 saturated heterocycles. The number of aryl methyl sites for hydroxylation is 2. The Bertz CT molecular complexity index is 633. The summed E-state index contributed by atoms with van der Waals surface area (Å²) in [6.45, 7) is 2.67. The van der Waals surface area contributed by atoms with Crippen molar-refractivity contribution in [3.63, 3.8) is 0 Å². The lowest BCUT2D eigenvalue weighted by molar-refractivity contribution is 0.0734. The summed E-state index contributed by atoms with van der Waals surface area (Å²) in [7, 11) is 1.82. The number of furan rings is 1. The van der Waals surface area contributed by atoms with Crippen LogP contribution in [-0.2, 0) is 7.05 Å².